The molecule has 0 aliphatic rings. The van der Waals surface area contributed by atoms with Gasteiger partial charge in [0.1, 0.15) is 5.78 Å². The number of likely N-dealkylation sites (N-methyl/N-ethyl adjacent to an activating group) is 1. The number of carbonyl (C=O) groups excluding carboxylic acids is 2. The lowest BCUT2D eigenvalue weighted by molar-refractivity contribution is -0.130. The predicted octanol–water partition coefficient (Wildman–Crippen LogP) is 6.01. The second-order valence-electron chi connectivity index (χ2n) is 7.23. The number of rotatable bonds is 13. The predicted molar refractivity (Wildman–Crippen MR) is 112 cm³/mol. The van der Waals surface area contributed by atoms with Crippen molar-refractivity contribution >= 4 is 11.7 Å². The Hall–Kier alpha value is -1.64. The van der Waals surface area contributed by atoms with Gasteiger partial charge in [0.05, 0.1) is 0 Å². The van der Waals surface area contributed by atoms with Gasteiger partial charge < -0.3 is 9.69 Å². The van der Waals surface area contributed by atoms with Crippen molar-refractivity contribution in [1.29, 1.82) is 0 Å². The van der Waals surface area contributed by atoms with E-state index in [1.807, 2.05) is 18.7 Å². The van der Waals surface area contributed by atoms with E-state index in [9.17, 15) is 9.59 Å². The largest absolute Gasteiger partial charge is 0.339 e. The highest BCUT2D eigenvalue weighted by Crippen LogP contribution is 2.12. The number of amides is 1. The highest BCUT2D eigenvalue weighted by molar-refractivity contribution is 5.76. The fourth-order valence-electron chi connectivity index (χ4n) is 2.78. The van der Waals surface area contributed by atoms with Gasteiger partial charge in [-0.3, -0.25) is 4.79 Å². The third kappa shape index (κ3) is 12.7. The number of hydrogen-bond acceptors (Lipinski definition) is 2. The van der Waals surface area contributed by atoms with Crippen LogP contribution < -0.4 is 0 Å². The normalized spacial score (nSPS) is 13.1. The standard InChI is InChI=1S/C23H39NO2/c1-7-23(26)24(8-2)18-21(5)16-10-14-19(3)12-9-13-20(4)15-11-17-22(6)25/h12,15-16H,7-11,13-14,17-18H2,1-6H3/b19-12+,20-15+,21-16+. The molecule has 0 aliphatic heterocycles. The Morgan fingerprint density at radius 3 is 1.62 bits per heavy atom. The smallest absolute Gasteiger partial charge is 0.222 e. The van der Waals surface area contributed by atoms with Gasteiger partial charge in [0.25, 0.3) is 0 Å². The molecule has 0 aromatic carbocycles. The van der Waals surface area contributed by atoms with Crippen molar-refractivity contribution in [3.05, 3.63) is 34.9 Å². The second-order valence-corrected chi connectivity index (χ2v) is 7.23. The van der Waals surface area contributed by atoms with Crippen LogP contribution in [0.25, 0.3) is 0 Å². The van der Waals surface area contributed by atoms with Crippen molar-refractivity contribution in [1.82, 2.24) is 4.90 Å². The highest BCUT2D eigenvalue weighted by Gasteiger charge is 2.08. The SMILES string of the molecule is CCC(=O)N(CC)C/C(C)=C/CC/C(C)=C/CC/C(C)=C/CCC(C)=O. The number of allylic oxidation sites excluding steroid dienone is 5. The van der Waals surface area contributed by atoms with Crippen molar-refractivity contribution in [3.63, 3.8) is 0 Å². The van der Waals surface area contributed by atoms with E-state index in [2.05, 4.69) is 39.0 Å². The number of hydrogen-bond donors (Lipinski definition) is 0. The lowest BCUT2D eigenvalue weighted by Crippen LogP contribution is -2.31. The minimum absolute atomic E-state index is 0.225. The molecule has 0 saturated heterocycles. The van der Waals surface area contributed by atoms with E-state index in [4.69, 9.17) is 0 Å². The fourth-order valence-corrected chi connectivity index (χ4v) is 2.78. The Balaban J connectivity index is 4.19. The Kier molecular flexibility index (Phi) is 13.6. The van der Waals surface area contributed by atoms with Crippen LogP contribution in [-0.4, -0.2) is 29.7 Å². The molecule has 0 saturated carbocycles. The van der Waals surface area contributed by atoms with Gasteiger partial charge in [-0.1, -0.05) is 41.9 Å². The van der Waals surface area contributed by atoms with Crippen LogP contribution in [0.2, 0.25) is 0 Å². The van der Waals surface area contributed by atoms with Crippen molar-refractivity contribution in [2.45, 2.75) is 86.5 Å². The van der Waals surface area contributed by atoms with Gasteiger partial charge >= 0.3 is 0 Å². The van der Waals surface area contributed by atoms with Crippen LogP contribution in [-0.2, 0) is 9.59 Å². The van der Waals surface area contributed by atoms with Gasteiger partial charge in [0.2, 0.25) is 5.91 Å². The van der Waals surface area contributed by atoms with Crippen LogP contribution in [0.1, 0.15) is 86.5 Å². The third-order valence-electron chi connectivity index (χ3n) is 4.53. The summed E-state index contributed by atoms with van der Waals surface area (Å²) in [6.45, 7) is 13.6. The van der Waals surface area contributed by atoms with Gasteiger partial charge in [-0.2, -0.15) is 0 Å². The lowest BCUT2D eigenvalue weighted by Gasteiger charge is -2.20. The molecule has 0 radical (unpaired) electrons. The summed E-state index contributed by atoms with van der Waals surface area (Å²) in [6, 6.07) is 0. The summed E-state index contributed by atoms with van der Waals surface area (Å²) in [5.41, 5.74) is 4.06. The number of nitrogens with zero attached hydrogens (tertiary/aromatic N) is 1. The molecule has 0 bridgehead atoms. The summed E-state index contributed by atoms with van der Waals surface area (Å²) in [6.07, 6.45) is 13.1. The summed E-state index contributed by atoms with van der Waals surface area (Å²) in [7, 11) is 0. The lowest BCUT2D eigenvalue weighted by atomic mass is 10.1. The Bertz CT molecular complexity index is 526. The zero-order valence-corrected chi connectivity index (χ0v) is 17.9. The molecule has 0 fully saturated rings. The number of Topliss-reactive ketones (excluding diaryl/α,β-unsaturated/α-hetero) is 1. The molecule has 0 N–H and O–H groups in total. The first-order valence-corrected chi connectivity index (χ1v) is 10.0. The van der Waals surface area contributed by atoms with Crippen molar-refractivity contribution < 1.29 is 9.59 Å². The van der Waals surface area contributed by atoms with E-state index in [1.165, 1.54) is 16.7 Å². The molecule has 0 aromatic heterocycles. The molecule has 0 heterocycles. The minimum atomic E-state index is 0.225. The average molecular weight is 362 g/mol. The van der Waals surface area contributed by atoms with Gasteiger partial charge in [0.15, 0.2) is 0 Å². The molecule has 26 heavy (non-hydrogen) atoms. The van der Waals surface area contributed by atoms with Gasteiger partial charge in [-0.05, 0) is 66.7 Å². The monoisotopic (exact) mass is 361 g/mol. The third-order valence-corrected chi connectivity index (χ3v) is 4.53. The quantitative estimate of drug-likeness (QED) is 0.376. The Morgan fingerprint density at radius 2 is 1.19 bits per heavy atom. The summed E-state index contributed by atoms with van der Waals surface area (Å²) in [5, 5.41) is 0. The minimum Gasteiger partial charge on any atom is -0.339 e. The molecule has 0 atom stereocenters. The zero-order chi connectivity index (χ0) is 19.9. The van der Waals surface area contributed by atoms with E-state index in [0.29, 0.717) is 12.8 Å². The summed E-state index contributed by atoms with van der Waals surface area (Å²) < 4.78 is 0. The molecule has 0 rings (SSSR count). The molecule has 0 spiro atoms. The maximum Gasteiger partial charge on any atom is 0.222 e. The van der Waals surface area contributed by atoms with Gasteiger partial charge in [0, 0.05) is 25.9 Å². The molecule has 0 aliphatic carbocycles. The van der Waals surface area contributed by atoms with E-state index in [1.54, 1.807) is 6.92 Å². The van der Waals surface area contributed by atoms with Crippen LogP contribution >= 0.6 is 0 Å². The summed E-state index contributed by atoms with van der Waals surface area (Å²) >= 11 is 0. The van der Waals surface area contributed by atoms with Crippen LogP contribution in [0.5, 0.6) is 0 Å². The first-order valence-electron chi connectivity index (χ1n) is 10.0. The van der Waals surface area contributed by atoms with Crippen molar-refractivity contribution in [2.24, 2.45) is 0 Å². The second kappa shape index (κ2) is 14.5. The average Bonchev–Trinajstić information content (AvgIpc) is 2.58. The molecule has 1 amide bonds. The van der Waals surface area contributed by atoms with Crippen molar-refractivity contribution in [2.75, 3.05) is 13.1 Å². The maximum absolute atomic E-state index is 11.8. The molecular formula is C23H39NO2. The summed E-state index contributed by atoms with van der Waals surface area (Å²) in [4.78, 5) is 24.7. The molecule has 3 nitrogen and oxygen atoms in total. The molecular weight excluding hydrogens is 322 g/mol. The van der Waals surface area contributed by atoms with Crippen LogP contribution in [0, 0.1) is 0 Å². The molecule has 148 valence electrons. The maximum atomic E-state index is 11.8. The van der Waals surface area contributed by atoms with E-state index >= 15 is 0 Å². The number of carbonyl (C=O) groups is 2. The van der Waals surface area contributed by atoms with Gasteiger partial charge in [-0.15, -0.1) is 0 Å². The summed E-state index contributed by atoms with van der Waals surface area (Å²) in [5.74, 6) is 0.484. The molecule has 0 unspecified atom stereocenters. The molecule has 0 aromatic rings. The topological polar surface area (TPSA) is 37.4 Å². The zero-order valence-electron chi connectivity index (χ0n) is 17.9. The highest BCUT2D eigenvalue weighted by atomic mass is 16.2. The first kappa shape index (κ1) is 24.4. The van der Waals surface area contributed by atoms with E-state index < -0.39 is 0 Å². The van der Waals surface area contributed by atoms with E-state index in [-0.39, 0.29) is 11.7 Å². The Labute approximate surface area is 161 Å². The van der Waals surface area contributed by atoms with Gasteiger partial charge in [-0.25, -0.2) is 0 Å². The Morgan fingerprint density at radius 1 is 0.731 bits per heavy atom. The number of ketones is 1. The fraction of sp³-hybridized carbons (Fsp3) is 0.652. The van der Waals surface area contributed by atoms with E-state index in [0.717, 1.165) is 45.2 Å². The van der Waals surface area contributed by atoms with Crippen LogP contribution in [0.3, 0.4) is 0 Å². The van der Waals surface area contributed by atoms with Crippen molar-refractivity contribution in [3.8, 4) is 0 Å². The molecule has 3 heteroatoms. The van der Waals surface area contributed by atoms with Crippen LogP contribution in [0.4, 0.5) is 0 Å². The first-order chi connectivity index (χ1) is 12.3. The van der Waals surface area contributed by atoms with Crippen LogP contribution in [0.15, 0.2) is 34.9 Å².